The fourth-order valence-electron chi connectivity index (χ4n) is 4.39. The van der Waals surface area contributed by atoms with Gasteiger partial charge in [0.05, 0.1) is 17.7 Å². The second kappa shape index (κ2) is 9.31. The molecule has 5 rings (SSSR count). The molecule has 5 nitrogen and oxygen atoms in total. The first-order valence-corrected chi connectivity index (χ1v) is 11.5. The Morgan fingerprint density at radius 1 is 1.15 bits per heavy atom. The molecule has 0 fully saturated rings. The number of carbonyl (C=O) groups is 1. The summed E-state index contributed by atoms with van der Waals surface area (Å²) in [6, 6.07) is 16.1. The minimum Gasteiger partial charge on any atom is -0.493 e. The van der Waals surface area contributed by atoms with E-state index in [0.717, 1.165) is 41.0 Å². The van der Waals surface area contributed by atoms with Crippen molar-refractivity contribution in [3.8, 4) is 17.2 Å². The Balaban J connectivity index is 1.40. The molecule has 6 heteroatoms. The fourth-order valence-corrected chi connectivity index (χ4v) is 4.39. The van der Waals surface area contributed by atoms with E-state index in [1.54, 1.807) is 18.2 Å². The number of Topliss-reactive ketones (excluding diaryl/α,β-unsaturated/α-hetero) is 1. The van der Waals surface area contributed by atoms with Crippen molar-refractivity contribution >= 4 is 11.9 Å². The molecule has 2 aliphatic rings. The number of rotatable bonds is 6. The zero-order valence-corrected chi connectivity index (χ0v) is 19.3. The van der Waals surface area contributed by atoms with Crippen LogP contribution in [0.2, 0.25) is 0 Å². The number of hydrogen-bond acceptors (Lipinski definition) is 5. The Hall–Kier alpha value is -3.64. The van der Waals surface area contributed by atoms with Crippen LogP contribution in [-0.4, -0.2) is 30.6 Å². The molecule has 0 amide bonds. The molecule has 3 aromatic rings. The molecule has 174 valence electrons. The average Bonchev–Trinajstić information content (AvgIpc) is 3.17. The molecule has 0 aliphatic carbocycles. The number of para-hydroxylation sites is 1. The summed E-state index contributed by atoms with van der Waals surface area (Å²) in [7, 11) is 0. The quantitative estimate of drug-likeness (QED) is 0.453. The van der Waals surface area contributed by atoms with Crippen LogP contribution in [0.4, 0.5) is 4.39 Å². The number of aryl methyl sites for hydroxylation is 1. The van der Waals surface area contributed by atoms with Gasteiger partial charge in [0.15, 0.2) is 5.76 Å². The lowest BCUT2D eigenvalue weighted by Crippen LogP contribution is -2.33. The van der Waals surface area contributed by atoms with Crippen LogP contribution in [0, 0.1) is 12.7 Å². The molecule has 2 aliphatic heterocycles. The molecule has 34 heavy (non-hydrogen) atoms. The van der Waals surface area contributed by atoms with Crippen molar-refractivity contribution in [3.05, 3.63) is 94.0 Å². The molecule has 2 heterocycles. The minimum atomic E-state index is -0.237. The normalized spacial score (nSPS) is 16.1. The number of ether oxygens (including phenoxy) is 3. The lowest BCUT2D eigenvalue weighted by molar-refractivity contribution is 0.0949. The zero-order valence-electron chi connectivity index (χ0n) is 19.3. The number of halogens is 1. The molecular weight excluding hydrogens is 433 g/mol. The van der Waals surface area contributed by atoms with Gasteiger partial charge in [0.2, 0.25) is 5.78 Å². The molecule has 0 aromatic heterocycles. The van der Waals surface area contributed by atoms with Crippen LogP contribution in [-0.2, 0) is 13.0 Å². The number of carbonyl (C=O) groups excluding carboxylic acids is 1. The molecule has 0 saturated heterocycles. The second-order valence-electron chi connectivity index (χ2n) is 8.49. The van der Waals surface area contributed by atoms with Gasteiger partial charge in [-0.15, -0.1) is 0 Å². The van der Waals surface area contributed by atoms with Gasteiger partial charge in [-0.3, -0.25) is 9.69 Å². The average molecular weight is 460 g/mol. The van der Waals surface area contributed by atoms with Gasteiger partial charge in [0.25, 0.3) is 0 Å². The second-order valence-corrected chi connectivity index (χ2v) is 8.49. The van der Waals surface area contributed by atoms with Crippen molar-refractivity contribution in [2.24, 2.45) is 0 Å². The number of benzene rings is 3. The van der Waals surface area contributed by atoms with Crippen LogP contribution in [0.25, 0.3) is 6.08 Å². The van der Waals surface area contributed by atoms with Crippen molar-refractivity contribution < 1.29 is 23.4 Å². The summed E-state index contributed by atoms with van der Waals surface area (Å²) in [6.07, 6.45) is 2.52. The largest absolute Gasteiger partial charge is 0.493 e. The monoisotopic (exact) mass is 459 g/mol. The Bertz CT molecular complexity index is 1270. The number of nitrogens with zero attached hydrogens (tertiary/aromatic N) is 1. The third-order valence-corrected chi connectivity index (χ3v) is 6.12. The summed E-state index contributed by atoms with van der Waals surface area (Å²) < 4.78 is 31.1. The molecule has 0 unspecified atom stereocenters. The molecule has 0 atom stereocenters. The SMILES string of the molecule is CCOc1ccccc1/C=C1/Oc2c3c(cc(C)c2C1=O)OCN(CCc1ccc(F)cc1)C3. The van der Waals surface area contributed by atoms with Gasteiger partial charge < -0.3 is 14.2 Å². The first-order valence-electron chi connectivity index (χ1n) is 11.5. The predicted octanol–water partition coefficient (Wildman–Crippen LogP) is 5.54. The number of fused-ring (bicyclic) bond motifs is 3. The smallest absolute Gasteiger partial charge is 0.232 e. The summed E-state index contributed by atoms with van der Waals surface area (Å²) in [4.78, 5) is 15.4. The van der Waals surface area contributed by atoms with Gasteiger partial charge in [0, 0.05) is 18.7 Å². The molecule has 0 spiro atoms. The van der Waals surface area contributed by atoms with Crippen LogP contribution in [0.3, 0.4) is 0 Å². The number of hydrogen-bond donors (Lipinski definition) is 0. The molecule has 0 saturated carbocycles. The molecule has 0 N–H and O–H groups in total. The highest BCUT2D eigenvalue weighted by atomic mass is 19.1. The molecule has 0 bridgehead atoms. The van der Waals surface area contributed by atoms with E-state index < -0.39 is 0 Å². The van der Waals surface area contributed by atoms with Crippen molar-refractivity contribution in [1.29, 1.82) is 0 Å². The maximum Gasteiger partial charge on any atom is 0.232 e. The van der Waals surface area contributed by atoms with E-state index in [0.29, 0.717) is 36.9 Å². The maximum absolute atomic E-state index is 13.3. The van der Waals surface area contributed by atoms with Crippen LogP contribution in [0.5, 0.6) is 17.2 Å². The topological polar surface area (TPSA) is 48.0 Å². The third-order valence-electron chi connectivity index (χ3n) is 6.12. The Kier molecular flexibility index (Phi) is 6.07. The molecule has 3 aromatic carbocycles. The van der Waals surface area contributed by atoms with E-state index in [4.69, 9.17) is 14.2 Å². The van der Waals surface area contributed by atoms with E-state index in [1.807, 2.05) is 44.2 Å². The summed E-state index contributed by atoms with van der Waals surface area (Å²) in [5.41, 5.74) is 4.15. The van der Waals surface area contributed by atoms with Crippen molar-refractivity contribution in [2.75, 3.05) is 19.9 Å². The van der Waals surface area contributed by atoms with Crippen molar-refractivity contribution in [2.45, 2.75) is 26.8 Å². The van der Waals surface area contributed by atoms with Gasteiger partial charge in [-0.1, -0.05) is 30.3 Å². The summed E-state index contributed by atoms with van der Waals surface area (Å²) in [6.45, 7) is 6.16. The van der Waals surface area contributed by atoms with E-state index in [9.17, 15) is 9.18 Å². The predicted molar refractivity (Wildman–Crippen MR) is 128 cm³/mol. The van der Waals surface area contributed by atoms with Gasteiger partial charge in [-0.05, 0) is 61.7 Å². The molecular formula is C28H26FNO4. The van der Waals surface area contributed by atoms with Crippen molar-refractivity contribution in [3.63, 3.8) is 0 Å². The highest BCUT2D eigenvalue weighted by Gasteiger charge is 2.35. The lowest BCUT2D eigenvalue weighted by Gasteiger charge is -2.30. The fraction of sp³-hybridized carbons (Fsp3) is 0.250. The first kappa shape index (κ1) is 22.2. The summed E-state index contributed by atoms with van der Waals surface area (Å²) in [5, 5.41) is 0. The van der Waals surface area contributed by atoms with Crippen LogP contribution < -0.4 is 14.2 Å². The lowest BCUT2D eigenvalue weighted by atomic mass is 9.98. The van der Waals surface area contributed by atoms with Crippen LogP contribution in [0.15, 0.2) is 60.4 Å². The van der Waals surface area contributed by atoms with E-state index in [2.05, 4.69) is 4.90 Å². The van der Waals surface area contributed by atoms with Gasteiger partial charge in [0.1, 0.15) is 29.8 Å². The van der Waals surface area contributed by atoms with Crippen LogP contribution >= 0.6 is 0 Å². The van der Waals surface area contributed by atoms with E-state index in [1.165, 1.54) is 12.1 Å². The maximum atomic E-state index is 13.3. The third kappa shape index (κ3) is 4.29. The zero-order chi connectivity index (χ0) is 23.7. The Morgan fingerprint density at radius 2 is 1.94 bits per heavy atom. The number of ketones is 1. The summed E-state index contributed by atoms with van der Waals surface area (Å²) >= 11 is 0. The number of allylic oxidation sites excluding steroid dienone is 1. The minimum absolute atomic E-state index is 0.134. The van der Waals surface area contributed by atoms with E-state index >= 15 is 0 Å². The highest BCUT2D eigenvalue weighted by Crippen LogP contribution is 2.44. The standard InChI is InChI=1S/C28H26FNO4/c1-3-32-23-7-5-4-6-20(23)15-25-27(31)26-18(2)14-24-22(28(26)34-25)16-30(17-33-24)13-12-19-8-10-21(29)11-9-19/h4-11,14-15H,3,12-13,16-17H2,1-2H3/b25-15+. The van der Waals surface area contributed by atoms with E-state index in [-0.39, 0.29) is 17.4 Å². The van der Waals surface area contributed by atoms with Gasteiger partial charge >= 0.3 is 0 Å². The summed E-state index contributed by atoms with van der Waals surface area (Å²) in [5.74, 6) is 1.94. The first-order chi connectivity index (χ1) is 16.5. The van der Waals surface area contributed by atoms with Gasteiger partial charge in [-0.2, -0.15) is 0 Å². The van der Waals surface area contributed by atoms with Crippen LogP contribution in [0.1, 0.15) is 39.5 Å². The Labute approximate surface area is 198 Å². The Morgan fingerprint density at radius 3 is 2.74 bits per heavy atom. The van der Waals surface area contributed by atoms with Gasteiger partial charge in [-0.25, -0.2) is 4.39 Å². The van der Waals surface area contributed by atoms with Crippen molar-refractivity contribution in [1.82, 2.24) is 4.90 Å². The molecule has 0 radical (unpaired) electrons. The highest BCUT2D eigenvalue weighted by molar-refractivity contribution is 6.16.